The number of benzene rings is 1. The summed E-state index contributed by atoms with van der Waals surface area (Å²) >= 11 is 0. The number of ether oxygens (including phenoxy) is 1. The molecule has 5 heteroatoms. The first-order chi connectivity index (χ1) is 15.1. The molecule has 0 amide bonds. The molecule has 5 nitrogen and oxygen atoms in total. The van der Waals surface area contributed by atoms with Gasteiger partial charge in [0.2, 0.25) is 0 Å². The van der Waals surface area contributed by atoms with Crippen molar-refractivity contribution < 1.29 is 24.2 Å². The molecule has 3 atom stereocenters. The van der Waals surface area contributed by atoms with Crippen molar-refractivity contribution in [3.05, 3.63) is 64.3 Å². The molecular formula is C27H32O5. The maximum absolute atomic E-state index is 13.3. The van der Waals surface area contributed by atoms with Crippen LogP contribution in [0.5, 0.6) is 5.75 Å². The molecule has 3 rings (SSSR count). The number of rotatable bonds is 4. The van der Waals surface area contributed by atoms with Gasteiger partial charge in [0.15, 0.2) is 11.6 Å². The van der Waals surface area contributed by atoms with E-state index in [1.165, 1.54) is 6.08 Å². The number of carbonyl (C=O) groups is 3. The van der Waals surface area contributed by atoms with Crippen LogP contribution in [-0.2, 0) is 9.59 Å². The minimum absolute atomic E-state index is 0.0406. The van der Waals surface area contributed by atoms with E-state index in [1.54, 1.807) is 25.1 Å². The average molecular weight is 437 g/mol. The second-order valence-electron chi connectivity index (χ2n) is 9.12. The summed E-state index contributed by atoms with van der Waals surface area (Å²) in [5.41, 5.74) is 2.43. The van der Waals surface area contributed by atoms with Gasteiger partial charge in [-0.15, -0.1) is 0 Å². The standard InChI is InChI=1S/C27H32O5/c1-6-22(29)27(12-10-16(2)3)13-11-17(4)15-32-21-9-7-8-19-23(21)26(31)24(25(19)30)20(28)14-18(27)5/h7-11,14,24-25,30H,6,12-13,15H2,1-5H3/b17-11+,18-14-/t24-,25+,27-/m0/s1. The van der Waals surface area contributed by atoms with Crippen molar-refractivity contribution in [2.75, 3.05) is 6.61 Å². The molecule has 1 aromatic carbocycles. The average Bonchev–Trinajstić information content (AvgIpc) is 3.02. The minimum atomic E-state index is -1.23. The Labute approximate surface area is 189 Å². The number of Topliss-reactive ketones (excluding diaryl/α,β-unsaturated/α-hetero) is 2. The van der Waals surface area contributed by atoms with Gasteiger partial charge < -0.3 is 9.84 Å². The number of fused-ring (bicyclic) bond motifs is 1. The van der Waals surface area contributed by atoms with Crippen molar-refractivity contribution in [2.24, 2.45) is 11.3 Å². The molecule has 0 radical (unpaired) electrons. The van der Waals surface area contributed by atoms with Crippen molar-refractivity contribution in [1.82, 2.24) is 0 Å². The van der Waals surface area contributed by atoms with Crippen molar-refractivity contribution in [3.8, 4) is 5.75 Å². The Morgan fingerprint density at radius 2 is 1.97 bits per heavy atom. The van der Waals surface area contributed by atoms with Crippen molar-refractivity contribution in [2.45, 2.75) is 60.0 Å². The maximum Gasteiger partial charge on any atom is 0.180 e. The van der Waals surface area contributed by atoms with Gasteiger partial charge in [-0.3, -0.25) is 14.4 Å². The second-order valence-corrected chi connectivity index (χ2v) is 9.12. The Hall–Kier alpha value is -2.79. The molecule has 1 aromatic rings. The maximum atomic E-state index is 13.3. The normalized spacial score (nSPS) is 28.8. The third-order valence-corrected chi connectivity index (χ3v) is 6.61. The number of hydrogen-bond donors (Lipinski definition) is 1. The van der Waals surface area contributed by atoms with E-state index in [2.05, 4.69) is 0 Å². The SMILES string of the molecule is CCC(=O)[C@@]1(CC=C(C)C)C/C=C(\C)COc2cccc3c2C(=O)[C@@H](C(=O)/C=C\1C)[C@@H]3O. The van der Waals surface area contributed by atoms with Crippen molar-refractivity contribution in [3.63, 3.8) is 0 Å². The first-order valence-electron chi connectivity index (χ1n) is 11.1. The zero-order chi connectivity index (χ0) is 23.6. The molecule has 0 spiro atoms. The molecule has 2 aliphatic rings. The van der Waals surface area contributed by atoms with Crippen LogP contribution in [0.4, 0.5) is 0 Å². The van der Waals surface area contributed by atoms with Gasteiger partial charge in [-0.1, -0.05) is 42.4 Å². The molecule has 32 heavy (non-hydrogen) atoms. The lowest BCUT2D eigenvalue weighted by Gasteiger charge is -2.32. The lowest BCUT2D eigenvalue weighted by molar-refractivity contribution is -0.126. The van der Waals surface area contributed by atoms with Crippen LogP contribution in [0.25, 0.3) is 0 Å². The number of allylic oxidation sites excluding steroid dienone is 5. The summed E-state index contributed by atoms with van der Waals surface area (Å²) in [6.07, 6.45) is 5.42. The highest BCUT2D eigenvalue weighted by Gasteiger charge is 2.45. The van der Waals surface area contributed by atoms with E-state index < -0.39 is 29.0 Å². The van der Waals surface area contributed by atoms with Crippen molar-refractivity contribution >= 4 is 17.3 Å². The number of aliphatic hydroxyl groups is 1. The molecule has 0 aromatic heterocycles. The van der Waals surface area contributed by atoms with Gasteiger partial charge in [0.1, 0.15) is 24.1 Å². The molecule has 2 bridgehead atoms. The first-order valence-corrected chi connectivity index (χ1v) is 11.1. The van der Waals surface area contributed by atoms with E-state index in [0.29, 0.717) is 36.1 Å². The predicted molar refractivity (Wildman–Crippen MR) is 124 cm³/mol. The fourth-order valence-electron chi connectivity index (χ4n) is 4.55. The van der Waals surface area contributed by atoms with Crippen LogP contribution in [0.1, 0.15) is 75.9 Å². The smallest absolute Gasteiger partial charge is 0.180 e. The Morgan fingerprint density at radius 3 is 2.62 bits per heavy atom. The van der Waals surface area contributed by atoms with Gasteiger partial charge in [-0.25, -0.2) is 0 Å². The van der Waals surface area contributed by atoms with Gasteiger partial charge in [-0.05, 0) is 63.8 Å². The van der Waals surface area contributed by atoms with Crippen molar-refractivity contribution in [1.29, 1.82) is 0 Å². The lowest BCUT2D eigenvalue weighted by atomic mass is 9.69. The van der Waals surface area contributed by atoms with Crippen LogP contribution in [-0.4, -0.2) is 29.1 Å². The molecule has 1 heterocycles. The topological polar surface area (TPSA) is 80.7 Å². The van der Waals surface area contributed by atoms with E-state index in [1.807, 2.05) is 39.8 Å². The number of ketones is 3. The van der Waals surface area contributed by atoms with E-state index in [4.69, 9.17) is 4.74 Å². The minimum Gasteiger partial charge on any atom is -0.488 e. The zero-order valence-corrected chi connectivity index (χ0v) is 19.5. The monoisotopic (exact) mass is 436 g/mol. The van der Waals surface area contributed by atoms with Crippen LogP contribution >= 0.6 is 0 Å². The van der Waals surface area contributed by atoms with Gasteiger partial charge in [0.05, 0.1) is 17.1 Å². The molecule has 170 valence electrons. The summed E-state index contributed by atoms with van der Waals surface area (Å²) in [6.45, 7) is 9.74. The highest BCUT2D eigenvalue weighted by molar-refractivity contribution is 6.18. The zero-order valence-electron chi connectivity index (χ0n) is 19.5. The van der Waals surface area contributed by atoms with Gasteiger partial charge in [0, 0.05) is 6.42 Å². The van der Waals surface area contributed by atoms with Crippen LogP contribution < -0.4 is 4.74 Å². The summed E-state index contributed by atoms with van der Waals surface area (Å²) in [5.74, 6) is -1.73. The number of hydrogen-bond acceptors (Lipinski definition) is 5. The molecule has 0 fully saturated rings. The van der Waals surface area contributed by atoms with Crippen LogP contribution in [0.15, 0.2) is 53.1 Å². The molecule has 1 aliphatic carbocycles. The highest BCUT2D eigenvalue weighted by Crippen LogP contribution is 2.44. The molecular weight excluding hydrogens is 404 g/mol. The Balaban J connectivity index is 2.19. The largest absolute Gasteiger partial charge is 0.488 e. The summed E-state index contributed by atoms with van der Waals surface area (Å²) in [5, 5.41) is 10.8. The summed E-state index contributed by atoms with van der Waals surface area (Å²) in [4.78, 5) is 39.7. The highest BCUT2D eigenvalue weighted by atomic mass is 16.5. The number of carbonyl (C=O) groups excluding carboxylic acids is 3. The summed E-state index contributed by atoms with van der Waals surface area (Å²) in [6, 6.07) is 5.06. The van der Waals surface area contributed by atoms with Gasteiger partial charge in [-0.2, -0.15) is 0 Å². The van der Waals surface area contributed by atoms with Crippen LogP contribution in [0, 0.1) is 11.3 Å². The third-order valence-electron chi connectivity index (χ3n) is 6.61. The summed E-state index contributed by atoms with van der Waals surface area (Å²) < 4.78 is 5.93. The third kappa shape index (κ3) is 4.26. The van der Waals surface area contributed by atoms with E-state index in [-0.39, 0.29) is 18.0 Å². The lowest BCUT2D eigenvalue weighted by Crippen LogP contribution is -2.33. The Morgan fingerprint density at radius 1 is 1.25 bits per heavy atom. The van der Waals surface area contributed by atoms with Crippen LogP contribution in [0.2, 0.25) is 0 Å². The fourth-order valence-corrected chi connectivity index (χ4v) is 4.55. The first kappa shape index (κ1) is 23.9. The second kappa shape index (κ2) is 9.37. The van der Waals surface area contributed by atoms with E-state index in [0.717, 1.165) is 11.1 Å². The van der Waals surface area contributed by atoms with Gasteiger partial charge in [0.25, 0.3) is 0 Å². The molecule has 1 aliphatic heterocycles. The molecule has 0 saturated heterocycles. The Kier molecular flexibility index (Phi) is 6.99. The number of aliphatic hydroxyl groups excluding tert-OH is 1. The van der Waals surface area contributed by atoms with E-state index in [9.17, 15) is 19.5 Å². The van der Waals surface area contributed by atoms with Crippen LogP contribution in [0.3, 0.4) is 0 Å². The molecule has 0 saturated carbocycles. The molecule has 0 unspecified atom stereocenters. The summed E-state index contributed by atoms with van der Waals surface area (Å²) in [7, 11) is 0. The van der Waals surface area contributed by atoms with Gasteiger partial charge >= 0.3 is 0 Å². The fraction of sp³-hybridized carbons (Fsp3) is 0.444. The quantitative estimate of drug-likeness (QED) is 0.525. The molecule has 1 N–H and O–H groups in total. The van der Waals surface area contributed by atoms with E-state index >= 15 is 0 Å². The Bertz CT molecular complexity index is 1040. The predicted octanol–water partition coefficient (Wildman–Crippen LogP) is 5.10.